The molecule has 0 aliphatic heterocycles. The summed E-state index contributed by atoms with van der Waals surface area (Å²) in [5.41, 5.74) is 0.222. The fourth-order valence-electron chi connectivity index (χ4n) is 1.37. The number of hydrogen-bond donors (Lipinski definition) is 1. The molecule has 0 bridgehead atoms. The van der Waals surface area contributed by atoms with E-state index in [-0.39, 0.29) is 5.56 Å². The number of carboxylic acids is 1. The van der Waals surface area contributed by atoms with E-state index >= 15 is 0 Å². The minimum Gasteiger partial charge on any atom is -0.478 e. The van der Waals surface area contributed by atoms with Crippen molar-refractivity contribution in [2.24, 2.45) is 0 Å². The second kappa shape index (κ2) is 2.62. The molecule has 1 aliphatic rings. The molecule has 0 saturated heterocycles. The van der Waals surface area contributed by atoms with Gasteiger partial charge < -0.3 is 9.63 Å². The highest BCUT2D eigenvalue weighted by molar-refractivity contribution is 5.88. The highest BCUT2D eigenvalue weighted by atomic mass is 16.5. The Morgan fingerprint density at radius 3 is 2.92 bits per heavy atom. The van der Waals surface area contributed by atoms with Crippen LogP contribution in [0.2, 0.25) is 0 Å². The summed E-state index contributed by atoms with van der Waals surface area (Å²) in [6.07, 6.45) is 4.48. The number of carbonyl (C=O) groups is 1. The van der Waals surface area contributed by atoms with Crippen LogP contribution in [-0.2, 0) is 0 Å². The van der Waals surface area contributed by atoms with E-state index in [1.807, 2.05) is 0 Å². The van der Waals surface area contributed by atoms with Gasteiger partial charge in [0.25, 0.3) is 0 Å². The largest absolute Gasteiger partial charge is 0.478 e. The first-order chi connectivity index (χ1) is 5.79. The van der Waals surface area contributed by atoms with Crippen LogP contribution >= 0.6 is 0 Å². The van der Waals surface area contributed by atoms with Crippen LogP contribution in [0.4, 0.5) is 0 Å². The molecule has 0 amide bonds. The lowest BCUT2D eigenvalue weighted by Gasteiger charge is -2.22. The number of carboxylic acid groups (broad SMARTS) is 1. The van der Waals surface area contributed by atoms with Crippen molar-refractivity contribution >= 4 is 5.97 Å². The zero-order chi connectivity index (χ0) is 8.55. The predicted molar refractivity (Wildman–Crippen MR) is 40.1 cm³/mol. The Bertz CT molecular complexity index is 301. The lowest BCUT2D eigenvalue weighted by molar-refractivity contribution is 0.0692. The van der Waals surface area contributed by atoms with Gasteiger partial charge in [0, 0.05) is 5.92 Å². The van der Waals surface area contributed by atoms with Crippen LogP contribution < -0.4 is 0 Å². The second-order valence-corrected chi connectivity index (χ2v) is 3.04. The fraction of sp³-hybridized carbons (Fsp3) is 0.500. The number of aromatic carboxylic acids is 1. The molecule has 64 valence electrons. The minimum atomic E-state index is -0.946. The van der Waals surface area contributed by atoms with Crippen molar-refractivity contribution in [2.75, 3.05) is 0 Å². The maximum absolute atomic E-state index is 10.6. The normalized spacial score (nSPS) is 17.3. The third kappa shape index (κ3) is 0.995. The molecule has 2 rings (SSSR count). The third-order valence-electron chi connectivity index (χ3n) is 2.30. The van der Waals surface area contributed by atoms with Gasteiger partial charge in [-0.2, -0.15) is 0 Å². The molecule has 0 aromatic carbocycles. The van der Waals surface area contributed by atoms with Gasteiger partial charge in [0.05, 0.1) is 6.20 Å². The van der Waals surface area contributed by atoms with E-state index in [1.165, 1.54) is 6.20 Å². The molecule has 0 unspecified atom stereocenters. The van der Waals surface area contributed by atoms with Crippen molar-refractivity contribution < 1.29 is 14.4 Å². The van der Waals surface area contributed by atoms with Crippen molar-refractivity contribution in [3.63, 3.8) is 0 Å². The lowest BCUT2D eigenvalue weighted by atomic mass is 9.82. The summed E-state index contributed by atoms with van der Waals surface area (Å²) in [4.78, 5) is 10.6. The van der Waals surface area contributed by atoms with Crippen LogP contribution in [0.3, 0.4) is 0 Å². The quantitative estimate of drug-likeness (QED) is 0.727. The Hall–Kier alpha value is -1.32. The van der Waals surface area contributed by atoms with Crippen LogP contribution in [0, 0.1) is 0 Å². The highest BCUT2D eigenvalue weighted by Crippen LogP contribution is 2.37. The number of nitrogens with zero attached hydrogens (tertiary/aromatic N) is 1. The van der Waals surface area contributed by atoms with Gasteiger partial charge in [0.15, 0.2) is 5.76 Å². The zero-order valence-corrected chi connectivity index (χ0v) is 6.49. The summed E-state index contributed by atoms with van der Waals surface area (Å²) in [6.45, 7) is 0. The Labute approximate surface area is 69.2 Å². The van der Waals surface area contributed by atoms with E-state index in [0.29, 0.717) is 11.7 Å². The van der Waals surface area contributed by atoms with E-state index in [2.05, 4.69) is 5.16 Å². The lowest BCUT2D eigenvalue weighted by Crippen LogP contribution is -2.11. The molecule has 0 atom stereocenters. The van der Waals surface area contributed by atoms with Crippen LogP contribution in [0.15, 0.2) is 10.7 Å². The van der Waals surface area contributed by atoms with Gasteiger partial charge in [0.1, 0.15) is 5.56 Å². The van der Waals surface area contributed by atoms with Gasteiger partial charge >= 0.3 is 5.97 Å². The van der Waals surface area contributed by atoms with Crippen LogP contribution in [0.25, 0.3) is 0 Å². The fourth-order valence-corrected chi connectivity index (χ4v) is 1.37. The molecular formula is C8H9NO3. The number of rotatable bonds is 2. The molecule has 1 N–H and O–H groups in total. The minimum absolute atomic E-state index is 0.222. The molecule has 1 aliphatic carbocycles. The Morgan fingerprint density at radius 2 is 2.42 bits per heavy atom. The maximum Gasteiger partial charge on any atom is 0.340 e. The number of aromatic nitrogens is 1. The topological polar surface area (TPSA) is 63.3 Å². The Morgan fingerprint density at radius 1 is 1.67 bits per heavy atom. The molecule has 1 aromatic rings. The first kappa shape index (κ1) is 7.34. The van der Waals surface area contributed by atoms with E-state index in [1.54, 1.807) is 0 Å². The molecular weight excluding hydrogens is 158 g/mol. The van der Waals surface area contributed by atoms with Crippen molar-refractivity contribution in [3.05, 3.63) is 17.5 Å². The van der Waals surface area contributed by atoms with Crippen molar-refractivity contribution in [1.29, 1.82) is 0 Å². The summed E-state index contributed by atoms with van der Waals surface area (Å²) >= 11 is 0. The average Bonchev–Trinajstić information content (AvgIpc) is 2.31. The molecule has 4 nitrogen and oxygen atoms in total. The summed E-state index contributed by atoms with van der Waals surface area (Å²) in [5, 5.41) is 12.2. The smallest absolute Gasteiger partial charge is 0.340 e. The monoisotopic (exact) mass is 167 g/mol. The Balaban J connectivity index is 2.29. The van der Waals surface area contributed by atoms with E-state index in [9.17, 15) is 4.79 Å². The molecule has 12 heavy (non-hydrogen) atoms. The molecule has 1 aromatic heterocycles. The SMILES string of the molecule is O=C(O)c1cnoc1C1CCC1. The number of hydrogen-bond acceptors (Lipinski definition) is 3. The molecule has 1 heterocycles. The third-order valence-corrected chi connectivity index (χ3v) is 2.30. The van der Waals surface area contributed by atoms with Crippen LogP contribution in [-0.4, -0.2) is 16.2 Å². The summed E-state index contributed by atoms with van der Waals surface area (Å²) < 4.78 is 4.90. The van der Waals surface area contributed by atoms with E-state index in [4.69, 9.17) is 9.63 Å². The van der Waals surface area contributed by atoms with E-state index in [0.717, 1.165) is 19.3 Å². The Kier molecular flexibility index (Phi) is 1.60. The zero-order valence-electron chi connectivity index (χ0n) is 6.49. The first-order valence-corrected chi connectivity index (χ1v) is 3.97. The first-order valence-electron chi connectivity index (χ1n) is 3.97. The van der Waals surface area contributed by atoms with Gasteiger partial charge in [-0.05, 0) is 12.8 Å². The summed E-state index contributed by atoms with van der Waals surface area (Å²) in [5.74, 6) is -0.106. The van der Waals surface area contributed by atoms with Crippen molar-refractivity contribution in [1.82, 2.24) is 5.16 Å². The van der Waals surface area contributed by atoms with Crippen LogP contribution in [0.1, 0.15) is 41.3 Å². The summed E-state index contributed by atoms with van der Waals surface area (Å²) in [7, 11) is 0. The van der Waals surface area contributed by atoms with Gasteiger partial charge in [-0.25, -0.2) is 4.79 Å². The molecule has 1 fully saturated rings. The predicted octanol–water partition coefficient (Wildman–Crippen LogP) is 1.64. The van der Waals surface area contributed by atoms with E-state index < -0.39 is 5.97 Å². The van der Waals surface area contributed by atoms with Gasteiger partial charge in [0.2, 0.25) is 0 Å². The highest BCUT2D eigenvalue weighted by Gasteiger charge is 2.28. The standard InChI is InChI=1S/C8H9NO3/c10-8(11)6-4-9-12-7(6)5-2-1-3-5/h4-5H,1-3H2,(H,10,11). The van der Waals surface area contributed by atoms with Crippen LogP contribution in [0.5, 0.6) is 0 Å². The molecule has 4 heteroatoms. The molecule has 0 spiro atoms. The van der Waals surface area contributed by atoms with Crippen molar-refractivity contribution in [3.8, 4) is 0 Å². The maximum atomic E-state index is 10.6. The van der Waals surface area contributed by atoms with Gasteiger partial charge in [-0.3, -0.25) is 0 Å². The molecule has 1 saturated carbocycles. The van der Waals surface area contributed by atoms with Gasteiger partial charge in [-0.15, -0.1) is 0 Å². The molecule has 0 radical (unpaired) electrons. The average molecular weight is 167 g/mol. The van der Waals surface area contributed by atoms with Crippen molar-refractivity contribution in [2.45, 2.75) is 25.2 Å². The summed E-state index contributed by atoms with van der Waals surface area (Å²) in [6, 6.07) is 0. The van der Waals surface area contributed by atoms with Gasteiger partial charge in [-0.1, -0.05) is 11.6 Å². The second-order valence-electron chi connectivity index (χ2n) is 3.04.